The predicted molar refractivity (Wildman–Crippen MR) is 102 cm³/mol. The third-order valence-corrected chi connectivity index (χ3v) is 5.58. The van der Waals surface area contributed by atoms with E-state index in [-0.39, 0.29) is 12.1 Å². The lowest BCUT2D eigenvalue weighted by atomic mass is 10.0. The number of piperidine rings is 2. The number of urea groups is 1. The van der Waals surface area contributed by atoms with Crippen LogP contribution in [0.25, 0.3) is 0 Å². The normalized spacial score (nSPS) is 22.3. The Labute approximate surface area is 156 Å². The molecule has 2 aliphatic rings. The second-order valence-corrected chi connectivity index (χ2v) is 7.32. The zero-order valence-corrected chi connectivity index (χ0v) is 15.9. The van der Waals surface area contributed by atoms with Crippen molar-refractivity contribution in [2.75, 3.05) is 32.7 Å². The van der Waals surface area contributed by atoms with Gasteiger partial charge in [0.2, 0.25) is 0 Å². The first-order valence-corrected chi connectivity index (χ1v) is 10.0. The highest BCUT2D eigenvalue weighted by atomic mass is 16.5. The molecule has 6 heteroatoms. The molecule has 0 spiro atoms. The minimum atomic E-state index is 0.0809. The number of likely N-dealkylation sites (tertiary alicyclic amines) is 2. The Morgan fingerprint density at radius 1 is 1.27 bits per heavy atom. The molecule has 1 N–H and O–H groups in total. The Kier molecular flexibility index (Phi) is 7.26. The summed E-state index contributed by atoms with van der Waals surface area (Å²) < 4.78 is 5.98. The minimum Gasteiger partial charge on any atom is -0.373 e. The first kappa shape index (κ1) is 19.1. The topological polar surface area (TPSA) is 57.7 Å². The number of nitrogens with one attached hydrogen (secondary N) is 1. The lowest BCUT2D eigenvalue weighted by molar-refractivity contribution is 0.00420. The molecule has 1 aromatic heterocycles. The standard InChI is InChI=1S/C20H32N4O2/c1-2-23-11-4-3-7-18(23)15-22-20(25)24-12-8-19(9-13-24)26-16-17-6-5-10-21-14-17/h5-6,10,14,18-19H,2-4,7-9,11-13,15-16H2,1H3,(H,22,25). The summed E-state index contributed by atoms with van der Waals surface area (Å²) in [5.74, 6) is 0. The van der Waals surface area contributed by atoms with E-state index in [1.807, 2.05) is 23.2 Å². The Hall–Kier alpha value is -1.66. The minimum absolute atomic E-state index is 0.0809. The molecular weight excluding hydrogens is 328 g/mol. The van der Waals surface area contributed by atoms with E-state index in [1.165, 1.54) is 19.3 Å². The van der Waals surface area contributed by atoms with E-state index in [1.54, 1.807) is 6.20 Å². The zero-order valence-electron chi connectivity index (χ0n) is 15.9. The Morgan fingerprint density at radius 3 is 2.85 bits per heavy atom. The van der Waals surface area contributed by atoms with E-state index in [9.17, 15) is 4.79 Å². The van der Waals surface area contributed by atoms with Crippen LogP contribution in [0.1, 0.15) is 44.6 Å². The average molecular weight is 361 g/mol. The lowest BCUT2D eigenvalue weighted by Crippen LogP contribution is -2.51. The summed E-state index contributed by atoms with van der Waals surface area (Å²) in [4.78, 5) is 21.0. The highest BCUT2D eigenvalue weighted by molar-refractivity contribution is 5.74. The number of hydrogen-bond donors (Lipinski definition) is 1. The van der Waals surface area contributed by atoms with Gasteiger partial charge in [-0.3, -0.25) is 9.88 Å². The number of rotatable bonds is 6. The molecule has 1 atom stereocenters. The van der Waals surface area contributed by atoms with Gasteiger partial charge in [0, 0.05) is 38.1 Å². The van der Waals surface area contributed by atoms with Crippen LogP contribution in [0.2, 0.25) is 0 Å². The molecule has 2 saturated heterocycles. The summed E-state index contributed by atoms with van der Waals surface area (Å²) >= 11 is 0. The lowest BCUT2D eigenvalue weighted by Gasteiger charge is -2.36. The van der Waals surface area contributed by atoms with E-state index in [0.717, 1.165) is 51.1 Å². The highest BCUT2D eigenvalue weighted by Gasteiger charge is 2.25. The van der Waals surface area contributed by atoms with Crippen molar-refractivity contribution in [3.63, 3.8) is 0 Å². The Morgan fingerprint density at radius 2 is 2.12 bits per heavy atom. The van der Waals surface area contributed by atoms with Crippen LogP contribution in [0.4, 0.5) is 4.79 Å². The molecule has 144 valence electrons. The molecule has 3 rings (SSSR count). The predicted octanol–water partition coefficient (Wildman–Crippen LogP) is 2.65. The number of carbonyl (C=O) groups excluding carboxylic acids is 1. The second kappa shape index (κ2) is 9.88. The van der Waals surface area contributed by atoms with Gasteiger partial charge in [-0.1, -0.05) is 19.4 Å². The van der Waals surface area contributed by atoms with Crippen molar-refractivity contribution in [2.24, 2.45) is 0 Å². The SMILES string of the molecule is CCN1CCCCC1CNC(=O)N1CCC(OCc2cccnc2)CC1. The van der Waals surface area contributed by atoms with Crippen LogP contribution in [0.5, 0.6) is 0 Å². The molecule has 0 saturated carbocycles. The number of amides is 2. The molecule has 2 amide bonds. The molecule has 2 aliphatic heterocycles. The second-order valence-electron chi connectivity index (χ2n) is 7.32. The number of carbonyl (C=O) groups is 1. The molecule has 6 nitrogen and oxygen atoms in total. The van der Waals surface area contributed by atoms with Crippen molar-refractivity contribution in [1.82, 2.24) is 20.1 Å². The largest absolute Gasteiger partial charge is 0.373 e. The van der Waals surface area contributed by atoms with Gasteiger partial charge in [-0.2, -0.15) is 0 Å². The van der Waals surface area contributed by atoms with Crippen molar-refractivity contribution >= 4 is 6.03 Å². The van der Waals surface area contributed by atoms with Crippen LogP contribution in [0.15, 0.2) is 24.5 Å². The molecule has 0 aromatic carbocycles. The van der Waals surface area contributed by atoms with Crippen molar-refractivity contribution in [3.05, 3.63) is 30.1 Å². The maximum Gasteiger partial charge on any atom is 0.317 e. The monoisotopic (exact) mass is 360 g/mol. The maximum atomic E-state index is 12.5. The van der Waals surface area contributed by atoms with Gasteiger partial charge in [-0.05, 0) is 50.4 Å². The zero-order chi connectivity index (χ0) is 18.2. The van der Waals surface area contributed by atoms with Crippen molar-refractivity contribution in [3.8, 4) is 0 Å². The molecule has 0 bridgehead atoms. The van der Waals surface area contributed by atoms with Crippen molar-refractivity contribution in [2.45, 2.75) is 57.8 Å². The summed E-state index contributed by atoms with van der Waals surface area (Å²) in [6, 6.07) is 4.54. The van der Waals surface area contributed by atoms with E-state index in [0.29, 0.717) is 12.6 Å². The van der Waals surface area contributed by atoms with Crippen LogP contribution in [-0.2, 0) is 11.3 Å². The molecule has 3 heterocycles. The number of likely N-dealkylation sites (N-methyl/N-ethyl adjacent to an activating group) is 1. The van der Waals surface area contributed by atoms with E-state index in [4.69, 9.17) is 4.74 Å². The van der Waals surface area contributed by atoms with Gasteiger partial charge in [-0.15, -0.1) is 0 Å². The third kappa shape index (κ3) is 5.42. The number of hydrogen-bond acceptors (Lipinski definition) is 4. The van der Waals surface area contributed by atoms with Gasteiger partial charge < -0.3 is 15.0 Å². The summed E-state index contributed by atoms with van der Waals surface area (Å²) in [5.41, 5.74) is 1.10. The number of nitrogens with zero attached hydrogens (tertiary/aromatic N) is 3. The van der Waals surface area contributed by atoms with E-state index >= 15 is 0 Å². The van der Waals surface area contributed by atoms with Gasteiger partial charge in [0.25, 0.3) is 0 Å². The van der Waals surface area contributed by atoms with Crippen molar-refractivity contribution in [1.29, 1.82) is 0 Å². The number of ether oxygens (including phenoxy) is 1. The van der Waals surface area contributed by atoms with Gasteiger partial charge in [0.1, 0.15) is 0 Å². The van der Waals surface area contributed by atoms with Gasteiger partial charge in [-0.25, -0.2) is 4.79 Å². The molecule has 26 heavy (non-hydrogen) atoms. The quantitative estimate of drug-likeness (QED) is 0.847. The van der Waals surface area contributed by atoms with Crippen LogP contribution in [-0.4, -0.2) is 65.7 Å². The molecule has 1 aromatic rings. The molecule has 0 radical (unpaired) electrons. The Bertz CT molecular complexity index is 546. The van der Waals surface area contributed by atoms with E-state index < -0.39 is 0 Å². The van der Waals surface area contributed by atoms with Crippen molar-refractivity contribution < 1.29 is 9.53 Å². The van der Waals surface area contributed by atoms with Gasteiger partial charge in [0.05, 0.1) is 12.7 Å². The van der Waals surface area contributed by atoms with Crippen LogP contribution >= 0.6 is 0 Å². The molecule has 1 unspecified atom stereocenters. The summed E-state index contributed by atoms with van der Waals surface area (Å²) in [6.45, 7) is 7.34. The van der Waals surface area contributed by atoms with Gasteiger partial charge in [0.15, 0.2) is 0 Å². The number of aromatic nitrogens is 1. The fraction of sp³-hybridized carbons (Fsp3) is 0.700. The average Bonchev–Trinajstić information content (AvgIpc) is 2.72. The number of pyridine rings is 1. The summed E-state index contributed by atoms with van der Waals surface area (Å²) in [7, 11) is 0. The molecule has 2 fully saturated rings. The van der Waals surface area contributed by atoms with Crippen LogP contribution in [0, 0.1) is 0 Å². The summed E-state index contributed by atoms with van der Waals surface area (Å²) in [6.07, 6.45) is 9.39. The summed E-state index contributed by atoms with van der Waals surface area (Å²) in [5, 5.41) is 3.16. The smallest absolute Gasteiger partial charge is 0.317 e. The van der Waals surface area contributed by atoms with Gasteiger partial charge >= 0.3 is 6.03 Å². The van der Waals surface area contributed by atoms with E-state index in [2.05, 4.69) is 22.1 Å². The third-order valence-electron chi connectivity index (χ3n) is 5.58. The van der Waals surface area contributed by atoms with Crippen LogP contribution < -0.4 is 5.32 Å². The highest BCUT2D eigenvalue weighted by Crippen LogP contribution is 2.17. The fourth-order valence-corrected chi connectivity index (χ4v) is 3.95. The Balaban J connectivity index is 1.35. The first-order chi connectivity index (χ1) is 12.8. The molecule has 0 aliphatic carbocycles. The first-order valence-electron chi connectivity index (χ1n) is 10.0. The van der Waals surface area contributed by atoms with Crippen LogP contribution in [0.3, 0.4) is 0 Å². The fourth-order valence-electron chi connectivity index (χ4n) is 3.95. The maximum absolute atomic E-state index is 12.5. The molecular formula is C20H32N4O2.